The summed E-state index contributed by atoms with van der Waals surface area (Å²) in [6, 6.07) is 9.37. The first kappa shape index (κ1) is 19.0. The lowest BCUT2D eigenvalue weighted by Gasteiger charge is -2.33. The van der Waals surface area contributed by atoms with Gasteiger partial charge >= 0.3 is 5.97 Å². The second kappa shape index (κ2) is 8.26. The molecule has 0 aromatic heterocycles. The molecule has 1 amide bonds. The minimum atomic E-state index is -1.15. The molecule has 1 N–H and O–H groups in total. The van der Waals surface area contributed by atoms with E-state index in [1.54, 1.807) is 6.07 Å². The van der Waals surface area contributed by atoms with Crippen molar-refractivity contribution >= 4 is 11.9 Å². The Morgan fingerprint density at radius 2 is 1.67 bits per heavy atom. The van der Waals surface area contributed by atoms with E-state index in [0.717, 1.165) is 0 Å². The molecule has 2 aromatic carbocycles. The molecule has 3 rings (SSSR count). The SMILES string of the molecule is O=C(O)CN(C(=O)c1ccc(-c2ccc(F)cc2)cc1F)C1CCOCC1. The summed E-state index contributed by atoms with van der Waals surface area (Å²) in [6.45, 7) is 0.364. The number of benzene rings is 2. The van der Waals surface area contributed by atoms with E-state index in [1.807, 2.05) is 0 Å². The average Bonchev–Trinajstić information content (AvgIpc) is 2.66. The molecule has 1 fully saturated rings. The van der Waals surface area contributed by atoms with E-state index in [-0.39, 0.29) is 11.6 Å². The van der Waals surface area contributed by atoms with Gasteiger partial charge in [0.1, 0.15) is 18.2 Å². The van der Waals surface area contributed by atoms with Gasteiger partial charge in [0.05, 0.1) is 5.56 Å². The lowest BCUT2D eigenvalue weighted by atomic mass is 10.0. The molecule has 7 heteroatoms. The minimum absolute atomic E-state index is 0.186. The maximum absolute atomic E-state index is 14.6. The molecule has 1 aliphatic heterocycles. The van der Waals surface area contributed by atoms with Crippen molar-refractivity contribution in [1.82, 2.24) is 4.90 Å². The van der Waals surface area contributed by atoms with Crippen molar-refractivity contribution in [3.05, 3.63) is 59.7 Å². The number of rotatable bonds is 5. The Kier molecular flexibility index (Phi) is 5.81. The summed E-state index contributed by atoms with van der Waals surface area (Å²) in [5.74, 6) is -2.96. The van der Waals surface area contributed by atoms with Gasteiger partial charge in [-0.05, 0) is 48.2 Å². The van der Waals surface area contributed by atoms with Crippen molar-refractivity contribution in [3.63, 3.8) is 0 Å². The van der Waals surface area contributed by atoms with Gasteiger partial charge in [0.25, 0.3) is 5.91 Å². The van der Waals surface area contributed by atoms with Crippen LogP contribution in [0.15, 0.2) is 42.5 Å². The highest BCUT2D eigenvalue weighted by Crippen LogP contribution is 2.24. The number of nitrogens with zero attached hydrogens (tertiary/aromatic N) is 1. The van der Waals surface area contributed by atoms with Crippen LogP contribution in [0.3, 0.4) is 0 Å². The van der Waals surface area contributed by atoms with Crippen molar-refractivity contribution < 1.29 is 28.2 Å². The molecular formula is C20H19F2NO4. The topological polar surface area (TPSA) is 66.8 Å². The van der Waals surface area contributed by atoms with Gasteiger partial charge in [-0.15, -0.1) is 0 Å². The smallest absolute Gasteiger partial charge is 0.323 e. The van der Waals surface area contributed by atoms with Crippen LogP contribution < -0.4 is 0 Å². The van der Waals surface area contributed by atoms with Gasteiger partial charge in [-0.2, -0.15) is 0 Å². The highest BCUT2D eigenvalue weighted by Gasteiger charge is 2.29. The third-order valence-corrected chi connectivity index (χ3v) is 4.58. The molecule has 0 radical (unpaired) electrons. The molecule has 1 heterocycles. The number of carbonyl (C=O) groups excluding carboxylic acids is 1. The number of aliphatic carboxylic acids is 1. The second-order valence-corrected chi connectivity index (χ2v) is 6.37. The van der Waals surface area contributed by atoms with Crippen molar-refractivity contribution in [2.24, 2.45) is 0 Å². The molecule has 0 bridgehead atoms. The summed E-state index contributed by atoms with van der Waals surface area (Å²) in [4.78, 5) is 25.2. The van der Waals surface area contributed by atoms with Crippen LogP contribution >= 0.6 is 0 Å². The molecule has 1 saturated heterocycles. The number of carbonyl (C=O) groups is 2. The highest BCUT2D eigenvalue weighted by atomic mass is 19.1. The minimum Gasteiger partial charge on any atom is -0.480 e. The van der Waals surface area contributed by atoms with E-state index in [0.29, 0.717) is 37.2 Å². The number of halogens is 2. The first-order valence-corrected chi connectivity index (χ1v) is 8.61. The Morgan fingerprint density at radius 1 is 1.04 bits per heavy atom. The molecule has 5 nitrogen and oxygen atoms in total. The fourth-order valence-electron chi connectivity index (χ4n) is 3.17. The Labute approximate surface area is 155 Å². The van der Waals surface area contributed by atoms with Crippen LogP contribution in [0.5, 0.6) is 0 Å². The molecule has 0 aliphatic carbocycles. The van der Waals surface area contributed by atoms with Crippen molar-refractivity contribution in [1.29, 1.82) is 0 Å². The van der Waals surface area contributed by atoms with Gasteiger partial charge < -0.3 is 14.7 Å². The number of hydrogen-bond acceptors (Lipinski definition) is 3. The zero-order chi connectivity index (χ0) is 19.4. The largest absolute Gasteiger partial charge is 0.480 e. The maximum atomic E-state index is 14.6. The van der Waals surface area contributed by atoms with E-state index in [9.17, 15) is 18.4 Å². The number of amides is 1. The number of carboxylic acids is 1. The van der Waals surface area contributed by atoms with E-state index < -0.39 is 30.1 Å². The van der Waals surface area contributed by atoms with Crippen molar-refractivity contribution in [3.8, 4) is 11.1 Å². The number of carboxylic acid groups (broad SMARTS) is 1. The molecule has 2 aromatic rings. The summed E-state index contributed by atoms with van der Waals surface area (Å²) in [7, 11) is 0. The van der Waals surface area contributed by atoms with Crippen LogP contribution in [-0.2, 0) is 9.53 Å². The summed E-state index contributed by atoms with van der Waals surface area (Å²) in [5, 5.41) is 9.15. The number of ether oxygens (including phenoxy) is 1. The standard InChI is InChI=1S/C20H19F2NO4/c21-15-4-1-13(2-5-15)14-3-6-17(18(22)11-14)20(26)23(12-19(24)25)16-7-9-27-10-8-16/h1-6,11,16H,7-10,12H2,(H,24,25). The second-order valence-electron chi connectivity index (χ2n) is 6.37. The fourth-order valence-corrected chi connectivity index (χ4v) is 3.17. The zero-order valence-corrected chi connectivity index (χ0v) is 14.5. The third kappa shape index (κ3) is 4.49. The van der Waals surface area contributed by atoms with Crippen LogP contribution in [0.1, 0.15) is 23.2 Å². The van der Waals surface area contributed by atoms with Gasteiger partial charge in [0.2, 0.25) is 0 Å². The maximum Gasteiger partial charge on any atom is 0.323 e. The van der Waals surface area contributed by atoms with E-state index in [4.69, 9.17) is 9.84 Å². The first-order valence-electron chi connectivity index (χ1n) is 8.61. The number of hydrogen-bond donors (Lipinski definition) is 1. The third-order valence-electron chi connectivity index (χ3n) is 4.58. The molecule has 1 aliphatic rings. The van der Waals surface area contributed by atoms with Crippen LogP contribution in [0.25, 0.3) is 11.1 Å². The molecule has 0 atom stereocenters. The first-order chi connectivity index (χ1) is 13.0. The van der Waals surface area contributed by atoms with Gasteiger partial charge in [0, 0.05) is 19.3 Å². The molecular weight excluding hydrogens is 356 g/mol. The Balaban J connectivity index is 1.87. The van der Waals surface area contributed by atoms with Gasteiger partial charge in [0.15, 0.2) is 0 Å². The van der Waals surface area contributed by atoms with Crippen LogP contribution in [0, 0.1) is 11.6 Å². The van der Waals surface area contributed by atoms with Gasteiger partial charge in [-0.1, -0.05) is 18.2 Å². The Bertz CT molecular complexity index is 832. The van der Waals surface area contributed by atoms with Crippen LogP contribution in [-0.4, -0.2) is 47.7 Å². The normalized spacial score (nSPS) is 14.7. The summed E-state index contributed by atoms with van der Waals surface area (Å²) in [6.07, 6.45) is 1.02. The Hall–Kier alpha value is -2.80. The molecule has 0 saturated carbocycles. The average molecular weight is 375 g/mol. The van der Waals surface area contributed by atoms with Crippen molar-refractivity contribution in [2.75, 3.05) is 19.8 Å². The van der Waals surface area contributed by atoms with Gasteiger partial charge in [-0.25, -0.2) is 8.78 Å². The summed E-state index contributed by atoms with van der Waals surface area (Å²) < 4.78 is 32.9. The highest BCUT2D eigenvalue weighted by molar-refractivity contribution is 5.96. The predicted octanol–water partition coefficient (Wildman–Crippen LogP) is 3.34. The fraction of sp³-hybridized carbons (Fsp3) is 0.300. The van der Waals surface area contributed by atoms with Gasteiger partial charge in [-0.3, -0.25) is 9.59 Å². The van der Waals surface area contributed by atoms with E-state index >= 15 is 0 Å². The predicted molar refractivity (Wildman–Crippen MR) is 94.3 cm³/mol. The quantitative estimate of drug-likeness (QED) is 0.871. The van der Waals surface area contributed by atoms with Crippen LogP contribution in [0.4, 0.5) is 8.78 Å². The van der Waals surface area contributed by atoms with E-state index in [1.165, 1.54) is 41.3 Å². The molecule has 0 spiro atoms. The van der Waals surface area contributed by atoms with Crippen LogP contribution in [0.2, 0.25) is 0 Å². The molecule has 27 heavy (non-hydrogen) atoms. The summed E-state index contributed by atoms with van der Waals surface area (Å²) in [5.41, 5.74) is 0.926. The monoisotopic (exact) mass is 375 g/mol. The lowest BCUT2D eigenvalue weighted by molar-refractivity contribution is -0.138. The lowest BCUT2D eigenvalue weighted by Crippen LogP contribution is -2.46. The van der Waals surface area contributed by atoms with E-state index in [2.05, 4.69) is 0 Å². The molecule has 142 valence electrons. The Morgan fingerprint density at radius 3 is 2.26 bits per heavy atom. The van der Waals surface area contributed by atoms with Crippen molar-refractivity contribution in [2.45, 2.75) is 18.9 Å². The summed E-state index contributed by atoms with van der Waals surface area (Å²) >= 11 is 0. The zero-order valence-electron chi connectivity index (χ0n) is 14.5. The molecule has 0 unspecified atom stereocenters.